The molecular formula is C15H19NO4. The first-order valence-electron chi connectivity index (χ1n) is 6.62. The molecule has 2 rings (SSSR count). The first kappa shape index (κ1) is 14.7. The van der Waals surface area contributed by atoms with Crippen molar-refractivity contribution in [3.05, 3.63) is 35.4 Å². The van der Waals surface area contributed by atoms with Gasteiger partial charge >= 0.3 is 5.97 Å². The zero-order chi connectivity index (χ0) is 14.5. The normalized spacial score (nSPS) is 19.6. The van der Waals surface area contributed by atoms with Crippen LogP contribution in [-0.2, 0) is 20.8 Å². The zero-order valence-corrected chi connectivity index (χ0v) is 11.8. The van der Waals surface area contributed by atoms with Gasteiger partial charge in [-0.1, -0.05) is 24.3 Å². The predicted octanol–water partition coefficient (Wildman–Crippen LogP) is 1.26. The summed E-state index contributed by atoms with van der Waals surface area (Å²) in [6, 6.07) is 7.55. The Kier molecular flexibility index (Phi) is 4.87. The molecule has 1 saturated heterocycles. The third-order valence-corrected chi connectivity index (χ3v) is 3.38. The summed E-state index contributed by atoms with van der Waals surface area (Å²) in [5, 5.41) is 0. The first-order chi connectivity index (χ1) is 9.60. The largest absolute Gasteiger partial charge is 0.467 e. The number of Topliss-reactive ketones (excluding diaryl/α,β-unsaturated/α-hetero) is 1. The lowest BCUT2D eigenvalue weighted by atomic mass is 10.1. The molecule has 0 radical (unpaired) electrons. The maximum Gasteiger partial charge on any atom is 0.336 e. The van der Waals surface area contributed by atoms with Gasteiger partial charge in [-0.25, -0.2) is 4.79 Å². The number of ketones is 1. The van der Waals surface area contributed by atoms with Crippen LogP contribution in [-0.4, -0.2) is 49.6 Å². The van der Waals surface area contributed by atoms with E-state index in [-0.39, 0.29) is 11.8 Å². The van der Waals surface area contributed by atoms with E-state index >= 15 is 0 Å². The zero-order valence-electron chi connectivity index (χ0n) is 11.8. The van der Waals surface area contributed by atoms with Gasteiger partial charge in [0.2, 0.25) is 0 Å². The van der Waals surface area contributed by atoms with Crippen molar-refractivity contribution in [2.45, 2.75) is 19.6 Å². The van der Waals surface area contributed by atoms with Crippen LogP contribution >= 0.6 is 0 Å². The van der Waals surface area contributed by atoms with Gasteiger partial charge in [-0.3, -0.25) is 9.69 Å². The molecule has 20 heavy (non-hydrogen) atoms. The number of benzene rings is 1. The lowest BCUT2D eigenvalue weighted by Crippen LogP contribution is -2.46. The molecule has 1 aromatic rings. The third-order valence-electron chi connectivity index (χ3n) is 3.38. The number of carbonyl (C=O) groups is 2. The van der Waals surface area contributed by atoms with E-state index in [0.717, 1.165) is 18.7 Å². The molecule has 108 valence electrons. The minimum atomic E-state index is -0.509. The molecule has 0 amide bonds. The van der Waals surface area contributed by atoms with E-state index in [1.807, 2.05) is 24.3 Å². The molecular weight excluding hydrogens is 258 g/mol. The summed E-state index contributed by atoms with van der Waals surface area (Å²) in [5.74, 6) is -0.268. The van der Waals surface area contributed by atoms with Gasteiger partial charge in [-0.05, 0) is 12.5 Å². The van der Waals surface area contributed by atoms with E-state index in [4.69, 9.17) is 9.47 Å². The van der Waals surface area contributed by atoms with E-state index in [1.165, 1.54) is 7.11 Å². The Labute approximate surface area is 118 Å². The second kappa shape index (κ2) is 6.63. The van der Waals surface area contributed by atoms with Gasteiger partial charge in [0, 0.05) is 25.2 Å². The summed E-state index contributed by atoms with van der Waals surface area (Å²) in [6.07, 6.45) is -0.509. The topological polar surface area (TPSA) is 55.8 Å². The molecule has 1 unspecified atom stereocenters. The highest BCUT2D eigenvalue weighted by molar-refractivity contribution is 5.93. The van der Waals surface area contributed by atoms with Crippen LogP contribution in [0.25, 0.3) is 0 Å². The van der Waals surface area contributed by atoms with Crippen LogP contribution in [0, 0.1) is 0 Å². The molecule has 0 aliphatic carbocycles. The highest BCUT2D eigenvalue weighted by Gasteiger charge is 2.27. The molecule has 0 N–H and O–H groups in total. The summed E-state index contributed by atoms with van der Waals surface area (Å²) in [5.41, 5.74) is 1.82. The number of esters is 1. The molecule has 1 atom stereocenters. The SMILES string of the molecule is COC(=O)C1CN(Cc2ccc(C(C)=O)cc2)CCO1. The maximum atomic E-state index is 11.5. The molecule has 5 nitrogen and oxygen atoms in total. The van der Waals surface area contributed by atoms with Crippen molar-refractivity contribution in [1.29, 1.82) is 0 Å². The summed E-state index contributed by atoms with van der Waals surface area (Å²) >= 11 is 0. The number of ether oxygens (including phenoxy) is 2. The minimum Gasteiger partial charge on any atom is -0.467 e. The molecule has 1 aromatic carbocycles. The number of carbonyl (C=O) groups excluding carboxylic acids is 2. The van der Waals surface area contributed by atoms with Gasteiger partial charge in [-0.15, -0.1) is 0 Å². The van der Waals surface area contributed by atoms with Crippen molar-refractivity contribution in [2.24, 2.45) is 0 Å². The van der Waals surface area contributed by atoms with Crippen molar-refractivity contribution >= 4 is 11.8 Å². The van der Waals surface area contributed by atoms with Crippen LogP contribution in [0.1, 0.15) is 22.8 Å². The lowest BCUT2D eigenvalue weighted by molar-refractivity contribution is -0.160. The van der Waals surface area contributed by atoms with Gasteiger partial charge in [0.05, 0.1) is 13.7 Å². The number of nitrogens with zero attached hydrogens (tertiary/aromatic N) is 1. The van der Waals surface area contributed by atoms with Gasteiger partial charge in [0.1, 0.15) is 0 Å². The predicted molar refractivity (Wildman–Crippen MR) is 73.5 cm³/mol. The fraction of sp³-hybridized carbons (Fsp3) is 0.467. The van der Waals surface area contributed by atoms with E-state index in [2.05, 4.69) is 4.90 Å². The average molecular weight is 277 g/mol. The van der Waals surface area contributed by atoms with Crippen LogP contribution in [0.2, 0.25) is 0 Å². The Bertz CT molecular complexity index is 483. The third kappa shape index (κ3) is 3.65. The number of hydrogen-bond donors (Lipinski definition) is 0. The summed E-state index contributed by atoms with van der Waals surface area (Å²) in [7, 11) is 1.37. The standard InChI is InChI=1S/C15H19NO4/c1-11(17)13-5-3-12(4-6-13)9-16-7-8-20-14(10-16)15(18)19-2/h3-6,14H,7-10H2,1-2H3. The summed E-state index contributed by atoms with van der Waals surface area (Å²) in [6.45, 7) is 4.11. The Morgan fingerprint density at radius 2 is 2.05 bits per heavy atom. The van der Waals surface area contributed by atoms with Crippen molar-refractivity contribution < 1.29 is 19.1 Å². The fourth-order valence-corrected chi connectivity index (χ4v) is 2.22. The number of hydrogen-bond acceptors (Lipinski definition) is 5. The van der Waals surface area contributed by atoms with E-state index in [1.54, 1.807) is 6.92 Å². The van der Waals surface area contributed by atoms with Crippen LogP contribution in [0.3, 0.4) is 0 Å². The number of methoxy groups -OCH3 is 1. The monoisotopic (exact) mass is 277 g/mol. The van der Waals surface area contributed by atoms with Crippen molar-refractivity contribution in [3.8, 4) is 0 Å². The number of rotatable bonds is 4. The van der Waals surface area contributed by atoms with Crippen molar-refractivity contribution in [2.75, 3.05) is 26.8 Å². The van der Waals surface area contributed by atoms with Gasteiger partial charge in [0.25, 0.3) is 0 Å². The first-order valence-corrected chi connectivity index (χ1v) is 6.62. The van der Waals surface area contributed by atoms with Gasteiger partial charge < -0.3 is 9.47 Å². The van der Waals surface area contributed by atoms with Crippen molar-refractivity contribution in [3.63, 3.8) is 0 Å². The Morgan fingerprint density at radius 1 is 1.35 bits per heavy atom. The molecule has 0 aromatic heterocycles. The molecule has 0 bridgehead atoms. The average Bonchev–Trinajstić information content (AvgIpc) is 2.47. The summed E-state index contributed by atoms with van der Waals surface area (Å²) < 4.78 is 10.1. The van der Waals surface area contributed by atoms with Gasteiger partial charge in [-0.2, -0.15) is 0 Å². The molecule has 1 fully saturated rings. The molecule has 0 spiro atoms. The molecule has 1 heterocycles. The van der Waals surface area contributed by atoms with Crippen LogP contribution in [0.4, 0.5) is 0 Å². The maximum absolute atomic E-state index is 11.5. The highest BCUT2D eigenvalue weighted by Crippen LogP contribution is 2.12. The molecule has 5 heteroatoms. The number of morpholine rings is 1. The molecule has 0 saturated carbocycles. The van der Waals surface area contributed by atoms with E-state index < -0.39 is 6.10 Å². The van der Waals surface area contributed by atoms with E-state index in [9.17, 15) is 9.59 Å². The fourth-order valence-electron chi connectivity index (χ4n) is 2.22. The van der Waals surface area contributed by atoms with E-state index in [0.29, 0.717) is 18.7 Å². The summed E-state index contributed by atoms with van der Waals surface area (Å²) in [4.78, 5) is 24.8. The Hall–Kier alpha value is -1.72. The van der Waals surface area contributed by atoms with Crippen LogP contribution in [0.15, 0.2) is 24.3 Å². The van der Waals surface area contributed by atoms with Gasteiger partial charge in [0.15, 0.2) is 11.9 Å². The second-order valence-electron chi connectivity index (χ2n) is 4.87. The van der Waals surface area contributed by atoms with Crippen LogP contribution in [0.5, 0.6) is 0 Å². The quantitative estimate of drug-likeness (QED) is 0.612. The second-order valence-corrected chi connectivity index (χ2v) is 4.87. The highest BCUT2D eigenvalue weighted by atomic mass is 16.6. The van der Waals surface area contributed by atoms with Crippen molar-refractivity contribution in [1.82, 2.24) is 4.90 Å². The molecule has 1 aliphatic heterocycles. The minimum absolute atomic E-state index is 0.0636. The Morgan fingerprint density at radius 3 is 2.65 bits per heavy atom. The molecule has 1 aliphatic rings. The van der Waals surface area contributed by atoms with Crippen LogP contribution < -0.4 is 0 Å². The smallest absolute Gasteiger partial charge is 0.336 e. The Balaban J connectivity index is 1.95. The lowest BCUT2D eigenvalue weighted by Gasteiger charge is -2.31.